The summed E-state index contributed by atoms with van der Waals surface area (Å²) in [4.78, 5) is 13.8. The Labute approximate surface area is 119 Å². The second kappa shape index (κ2) is 5.48. The van der Waals surface area contributed by atoms with Crippen LogP contribution in [0.25, 0.3) is 10.8 Å². The van der Waals surface area contributed by atoms with E-state index in [1.54, 1.807) is 11.4 Å². The maximum atomic E-state index is 11.0. The summed E-state index contributed by atoms with van der Waals surface area (Å²) in [5.74, 6) is 0.287. The van der Waals surface area contributed by atoms with Crippen molar-refractivity contribution in [2.45, 2.75) is 13.1 Å². The highest BCUT2D eigenvalue weighted by Gasteiger charge is 2.06. The van der Waals surface area contributed by atoms with Crippen molar-refractivity contribution in [2.24, 2.45) is 0 Å². The summed E-state index contributed by atoms with van der Waals surface area (Å²) >= 11 is 1.16. The van der Waals surface area contributed by atoms with Gasteiger partial charge in [-0.15, -0.1) is 0 Å². The van der Waals surface area contributed by atoms with Gasteiger partial charge in [0, 0.05) is 29.7 Å². The van der Waals surface area contributed by atoms with E-state index in [0.717, 1.165) is 33.4 Å². The highest BCUT2D eigenvalue weighted by Crippen LogP contribution is 2.26. The van der Waals surface area contributed by atoms with Gasteiger partial charge in [-0.05, 0) is 16.8 Å². The van der Waals surface area contributed by atoms with E-state index in [-0.39, 0.29) is 10.6 Å². The van der Waals surface area contributed by atoms with Gasteiger partial charge >= 0.3 is 4.87 Å². The molecule has 1 heterocycles. The third-order valence-corrected chi connectivity index (χ3v) is 3.92. The Balaban J connectivity index is 1.80. The van der Waals surface area contributed by atoms with Crippen LogP contribution < -0.4 is 10.2 Å². The maximum absolute atomic E-state index is 11.0. The molecule has 102 valence electrons. The van der Waals surface area contributed by atoms with Crippen molar-refractivity contribution in [3.63, 3.8) is 0 Å². The van der Waals surface area contributed by atoms with Gasteiger partial charge in [-0.1, -0.05) is 41.7 Å². The van der Waals surface area contributed by atoms with E-state index in [1.807, 2.05) is 30.3 Å². The Morgan fingerprint density at radius 3 is 2.80 bits per heavy atom. The average Bonchev–Trinajstić information content (AvgIpc) is 2.87. The number of nitrogens with one attached hydrogen (secondary N) is 2. The zero-order valence-corrected chi connectivity index (χ0v) is 11.5. The molecule has 0 saturated carbocycles. The van der Waals surface area contributed by atoms with Crippen molar-refractivity contribution in [2.75, 3.05) is 0 Å². The second-order valence-electron chi connectivity index (χ2n) is 4.56. The fourth-order valence-electron chi connectivity index (χ4n) is 2.23. The molecule has 0 spiro atoms. The van der Waals surface area contributed by atoms with Gasteiger partial charge in [0.05, 0.1) is 0 Å². The lowest BCUT2D eigenvalue weighted by molar-refractivity contribution is 0.465. The summed E-state index contributed by atoms with van der Waals surface area (Å²) in [6.45, 7) is 1.12. The summed E-state index contributed by atoms with van der Waals surface area (Å²) in [5, 5.41) is 17.2. The van der Waals surface area contributed by atoms with Gasteiger partial charge in [0.1, 0.15) is 5.75 Å². The van der Waals surface area contributed by atoms with Crippen LogP contribution in [-0.2, 0) is 13.1 Å². The molecule has 0 radical (unpaired) electrons. The van der Waals surface area contributed by atoms with Gasteiger partial charge in [-0.3, -0.25) is 4.79 Å². The number of hydrogen-bond donors (Lipinski definition) is 3. The van der Waals surface area contributed by atoms with E-state index in [9.17, 15) is 9.90 Å². The SMILES string of the molecule is O=c1[nH]c(CNCc2c(O)ccc3ccccc23)cs1. The number of thiazole rings is 1. The molecule has 20 heavy (non-hydrogen) atoms. The zero-order valence-electron chi connectivity index (χ0n) is 10.7. The van der Waals surface area contributed by atoms with Crippen LogP contribution >= 0.6 is 11.3 Å². The first-order valence-corrected chi connectivity index (χ1v) is 7.19. The Morgan fingerprint density at radius 2 is 2.00 bits per heavy atom. The van der Waals surface area contributed by atoms with Gasteiger partial charge in [0.15, 0.2) is 0 Å². The average molecular weight is 286 g/mol. The van der Waals surface area contributed by atoms with E-state index in [1.165, 1.54) is 0 Å². The highest BCUT2D eigenvalue weighted by molar-refractivity contribution is 7.07. The summed E-state index contributed by atoms with van der Waals surface area (Å²) in [5.41, 5.74) is 1.74. The number of phenols is 1. The van der Waals surface area contributed by atoms with Crippen molar-refractivity contribution in [1.29, 1.82) is 0 Å². The molecular formula is C15H14N2O2S. The number of aromatic amines is 1. The minimum Gasteiger partial charge on any atom is -0.508 e. The minimum atomic E-state index is -0.0465. The molecule has 1 aromatic heterocycles. The Bertz CT molecular complexity index is 792. The van der Waals surface area contributed by atoms with Crippen LogP contribution in [0.5, 0.6) is 5.75 Å². The lowest BCUT2D eigenvalue weighted by Crippen LogP contribution is -2.14. The first-order chi connectivity index (χ1) is 9.74. The lowest BCUT2D eigenvalue weighted by Gasteiger charge is -2.10. The molecule has 5 heteroatoms. The molecule has 0 aliphatic carbocycles. The van der Waals surface area contributed by atoms with Crippen LogP contribution in [0.2, 0.25) is 0 Å². The Hall–Kier alpha value is -2.11. The number of phenolic OH excluding ortho intramolecular Hbond substituents is 1. The van der Waals surface area contributed by atoms with Gasteiger partial charge in [-0.2, -0.15) is 0 Å². The number of H-pyrrole nitrogens is 1. The summed E-state index contributed by atoms with van der Waals surface area (Å²) in [6.07, 6.45) is 0. The molecule has 0 aliphatic rings. The Morgan fingerprint density at radius 1 is 1.15 bits per heavy atom. The van der Waals surface area contributed by atoms with Crippen LogP contribution in [0.15, 0.2) is 46.6 Å². The van der Waals surface area contributed by atoms with Crippen LogP contribution in [0.3, 0.4) is 0 Å². The van der Waals surface area contributed by atoms with E-state index < -0.39 is 0 Å². The number of benzene rings is 2. The molecule has 0 fully saturated rings. The third kappa shape index (κ3) is 2.59. The van der Waals surface area contributed by atoms with Crippen molar-refractivity contribution in [3.05, 3.63) is 62.7 Å². The highest BCUT2D eigenvalue weighted by atomic mass is 32.1. The van der Waals surface area contributed by atoms with Crippen LogP contribution in [-0.4, -0.2) is 10.1 Å². The summed E-state index contributed by atoms with van der Waals surface area (Å²) < 4.78 is 0. The van der Waals surface area contributed by atoms with Crippen LogP contribution in [0, 0.1) is 0 Å². The monoisotopic (exact) mass is 286 g/mol. The molecule has 2 aromatic carbocycles. The molecule has 0 saturated heterocycles. The van der Waals surface area contributed by atoms with Crippen LogP contribution in [0.1, 0.15) is 11.3 Å². The van der Waals surface area contributed by atoms with Crippen molar-refractivity contribution < 1.29 is 5.11 Å². The second-order valence-corrected chi connectivity index (χ2v) is 5.40. The molecule has 0 atom stereocenters. The fourth-order valence-corrected chi connectivity index (χ4v) is 2.81. The summed E-state index contributed by atoms with van der Waals surface area (Å²) in [6, 6.07) is 11.6. The minimum absolute atomic E-state index is 0.0465. The molecular weight excluding hydrogens is 272 g/mol. The quantitative estimate of drug-likeness (QED) is 0.690. The number of aromatic hydroxyl groups is 1. The van der Waals surface area contributed by atoms with Crippen molar-refractivity contribution in [3.8, 4) is 5.75 Å². The van der Waals surface area contributed by atoms with Gasteiger partial charge in [0.2, 0.25) is 0 Å². The molecule has 0 amide bonds. The molecule has 0 bridgehead atoms. The molecule has 3 N–H and O–H groups in total. The van der Waals surface area contributed by atoms with Crippen molar-refractivity contribution >= 4 is 22.1 Å². The fraction of sp³-hybridized carbons (Fsp3) is 0.133. The zero-order chi connectivity index (χ0) is 13.9. The van der Waals surface area contributed by atoms with E-state index in [0.29, 0.717) is 13.1 Å². The number of aromatic nitrogens is 1. The molecule has 4 nitrogen and oxygen atoms in total. The van der Waals surface area contributed by atoms with E-state index in [4.69, 9.17) is 0 Å². The topological polar surface area (TPSA) is 65.1 Å². The molecule has 0 aliphatic heterocycles. The molecule has 3 rings (SSSR count). The largest absolute Gasteiger partial charge is 0.508 e. The molecule has 0 unspecified atom stereocenters. The Kier molecular flexibility index (Phi) is 3.54. The molecule has 3 aromatic rings. The van der Waals surface area contributed by atoms with Crippen molar-refractivity contribution in [1.82, 2.24) is 10.3 Å². The normalized spacial score (nSPS) is 11.0. The first-order valence-electron chi connectivity index (χ1n) is 6.31. The van der Waals surface area contributed by atoms with Crippen LogP contribution in [0.4, 0.5) is 0 Å². The van der Waals surface area contributed by atoms with Gasteiger partial charge in [-0.25, -0.2) is 0 Å². The first kappa shape index (κ1) is 12.9. The predicted molar refractivity (Wildman–Crippen MR) is 81.1 cm³/mol. The van der Waals surface area contributed by atoms with E-state index in [2.05, 4.69) is 10.3 Å². The van der Waals surface area contributed by atoms with Gasteiger partial charge in [0.25, 0.3) is 0 Å². The third-order valence-electron chi connectivity index (χ3n) is 3.20. The standard InChI is InChI=1S/C15H14N2O2S/c18-14-6-5-10-3-1-2-4-12(10)13(14)8-16-7-11-9-20-15(19)17-11/h1-6,9,16,18H,7-8H2,(H,17,19). The smallest absolute Gasteiger partial charge is 0.304 e. The number of fused-ring (bicyclic) bond motifs is 1. The number of rotatable bonds is 4. The predicted octanol–water partition coefficient (Wildman–Crippen LogP) is 2.58. The maximum Gasteiger partial charge on any atom is 0.304 e. The van der Waals surface area contributed by atoms with Gasteiger partial charge < -0.3 is 15.4 Å². The lowest BCUT2D eigenvalue weighted by atomic mass is 10.0. The summed E-state index contributed by atoms with van der Waals surface area (Å²) in [7, 11) is 0. The van der Waals surface area contributed by atoms with E-state index >= 15 is 0 Å². The number of hydrogen-bond acceptors (Lipinski definition) is 4.